The van der Waals surface area contributed by atoms with E-state index in [2.05, 4.69) is 32.5 Å². The van der Waals surface area contributed by atoms with Gasteiger partial charge in [-0.05, 0) is 18.4 Å². The highest BCUT2D eigenvalue weighted by molar-refractivity contribution is 5.82. The molecule has 24 heavy (non-hydrogen) atoms. The highest BCUT2D eigenvalue weighted by Gasteiger charge is 2.29. The lowest BCUT2D eigenvalue weighted by Gasteiger charge is -2.26. The summed E-state index contributed by atoms with van der Waals surface area (Å²) in [4.78, 5) is 19.1. The Hall–Kier alpha value is -2.21. The van der Waals surface area contributed by atoms with Crippen molar-refractivity contribution in [2.45, 2.75) is 45.2 Å². The van der Waals surface area contributed by atoms with Gasteiger partial charge in [-0.2, -0.15) is 4.98 Å². The Balaban J connectivity index is 1.77. The van der Waals surface area contributed by atoms with Crippen molar-refractivity contribution in [3.05, 3.63) is 47.6 Å². The van der Waals surface area contributed by atoms with Crippen LogP contribution in [-0.2, 0) is 17.8 Å². The molecule has 0 radical (unpaired) electrons. The van der Waals surface area contributed by atoms with E-state index < -0.39 is 0 Å². The van der Waals surface area contributed by atoms with Gasteiger partial charge in [0.2, 0.25) is 11.8 Å². The predicted molar refractivity (Wildman–Crippen MR) is 90.4 cm³/mol. The second-order valence-electron chi connectivity index (χ2n) is 6.52. The average molecular weight is 328 g/mol. The summed E-state index contributed by atoms with van der Waals surface area (Å²) < 4.78 is 5.37. The highest BCUT2D eigenvalue weighted by atomic mass is 16.5. The largest absolute Gasteiger partial charge is 0.355 e. The number of amides is 1. The Morgan fingerprint density at radius 1 is 1.33 bits per heavy atom. The zero-order chi connectivity index (χ0) is 16.9. The maximum atomic E-state index is 12.5. The number of benzene rings is 1. The Morgan fingerprint density at radius 3 is 2.83 bits per heavy atom. The minimum absolute atomic E-state index is 0.0694. The zero-order valence-corrected chi connectivity index (χ0v) is 14.2. The number of nitrogens with one attached hydrogen (secondary N) is 1. The summed E-state index contributed by atoms with van der Waals surface area (Å²) in [5.74, 6) is 1.59. The molecule has 6 heteroatoms. The minimum atomic E-state index is -0.218. The van der Waals surface area contributed by atoms with Crippen LogP contribution in [0.25, 0.3) is 0 Å². The van der Waals surface area contributed by atoms with Gasteiger partial charge in [0.05, 0.1) is 12.6 Å². The third-order valence-electron chi connectivity index (χ3n) is 4.28. The number of hydrogen-bond acceptors (Lipinski definition) is 5. The molecule has 0 bridgehead atoms. The molecule has 128 valence electrons. The van der Waals surface area contributed by atoms with Gasteiger partial charge >= 0.3 is 0 Å². The van der Waals surface area contributed by atoms with Gasteiger partial charge in [-0.1, -0.05) is 49.3 Å². The van der Waals surface area contributed by atoms with Crippen LogP contribution in [0.1, 0.15) is 43.5 Å². The van der Waals surface area contributed by atoms with Gasteiger partial charge in [-0.25, -0.2) is 0 Å². The minimum Gasteiger partial charge on any atom is -0.355 e. The standard InChI is InChI=1S/C18H24N4O2/c1-13(2)17-20-16(24-21-17)12-22-10-6-9-19-18(23)15(22)11-14-7-4-3-5-8-14/h3-5,7-8,13,15H,6,9-12H2,1-2H3,(H,19,23). The van der Waals surface area contributed by atoms with Crippen LogP contribution in [0.4, 0.5) is 0 Å². The summed E-state index contributed by atoms with van der Waals surface area (Å²) in [5, 5.41) is 7.03. The van der Waals surface area contributed by atoms with Crippen molar-refractivity contribution in [1.82, 2.24) is 20.4 Å². The SMILES string of the molecule is CC(C)c1noc(CN2CCCNC(=O)C2Cc2ccccc2)n1. The van der Waals surface area contributed by atoms with E-state index in [1.54, 1.807) is 0 Å². The van der Waals surface area contributed by atoms with E-state index in [1.807, 2.05) is 32.0 Å². The summed E-state index contributed by atoms with van der Waals surface area (Å²) in [6.45, 7) is 6.11. The van der Waals surface area contributed by atoms with E-state index in [0.717, 1.165) is 18.5 Å². The van der Waals surface area contributed by atoms with Crippen LogP contribution in [0.2, 0.25) is 0 Å². The fraction of sp³-hybridized carbons (Fsp3) is 0.500. The van der Waals surface area contributed by atoms with Crippen molar-refractivity contribution in [2.75, 3.05) is 13.1 Å². The molecule has 1 aromatic carbocycles. The topological polar surface area (TPSA) is 71.3 Å². The number of carbonyl (C=O) groups is 1. The number of hydrogen-bond donors (Lipinski definition) is 1. The van der Waals surface area contributed by atoms with Crippen molar-refractivity contribution in [3.63, 3.8) is 0 Å². The molecule has 1 N–H and O–H groups in total. The van der Waals surface area contributed by atoms with Crippen LogP contribution in [0.5, 0.6) is 0 Å². The van der Waals surface area contributed by atoms with E-state index >= 15 is 0 Å². The number of rotatable bonds is 5. The van der Waals surface area contributed by atoms with Crippen LogP contribution >= 0.6 is 0 Å². The zero-order valence-electron chi connectivity index (χ0n) is 14.2. The molecule has 1 saturated heterocycles. The van der Waals surface area contributed by atoms with Crippen molar-refractivity contribution in [3.8, 4) is 0 Å². The normalized spacial score (nSPS) is 19.3. The van der Waals surface area contributed by atoms with Crippen LogP contribution in [0, 0.1) is 0 Å². The molecule has 1 fully saturated rings. The Kier molecular flexibility index (Phi) is 5.25. The van der Waals surface area contributed by atoms with E-state index in [-0.39, 0.29) is 17.9 Å². The molecule has 1 atom stereocenters. The molecular formula is C18H24N4O2. The second kappa shape index (κ2) is 7.57. The lowest BCUT2D eigenvalue weighted by atomic mass is 10.0. The van der Waals surface area contributed by atoms with Gasteiger partial charge in [0.1, 0.15) is 0 Å². The third-order valence-corrected chi connectivity index (χ3v) is 4.28. The van der Waals surface area contributed by atoms with Crippen molar-refractivity contribution in [2.24, 2.45) is 0 Å². The molecule has 3 rings (SSSR count). The monoisotopic (exact) mass is 328 g/mol. The molecule has 1 unspecified atom stereocenters. The van der Waals surface area contributed by atoms with Crippen LogP contribution in [0.3, 0.4) is 0 Å². The van der Waals surface area contributed by atoms with Crippen LogP contribution in [-0.4, -0.2) is 40.1 Å². The first-order valence-corrected chi connectivity index (χ1v) is 8.51. The third kappa shape index (κ3) is 4.00. The first-order chi connectivity index (χ1) is 11.6. The van der Waals surface area contributed by atoms with Crippen molar-refractivity contribution in [1.29, 1.82) is 0 Å². The molecule has 0 spiro atoms. The molecular weight excluding hydrogens is 304 g/mol. The molecule has 0 saturated carbocycles. The van der Waals surface area contributed by atoms with Gasteiger partial charge in [0, 0.05) is 19.0 Å². The van der Waals surface area contributed by atoms with E-state index in [0.29, 0.717) is 31.2 Å². The van der Waals surface area contributed by atoms with E-state index in [1.165, 1.54) is 0 Å². The van der Waals surface area contributed by atoms with Gasteiger partial charge in [-0.15, -0.1) is 0 Å². The summed E-state index contributed by atoms with van der Waals surface area (Å²) in [7, 11) is 0. The molecule has 2 heterocycles. The molecule has 1 aromatic heterocycles. The van der Waals surface area contributed by atoms with Crippen LogP contribution in [0.15, 0.2) is 34.9 Å². The quantitative estimate of drug-likeness (QED) is 0.910. The molecule has 1 aliphatic rings. The van der Waals surface area contributed by atoms with Crippen molar-refractivity contribution < 1.29 is 9.32 Å². The molecule has 0 aliphatic carbocycles. The Morgan fingerprint density at radius 2 is 2.12 bits per heavy atom. The smallest absolute Gasteiger partial charge is 0.240 e. The van der Waals surface area contributed by atoms with E-state index in [9.17, 15) is 4.79 Å². The number of nitrogens with zero attached hydrogens (tertiary/aromatic N) is 3. The predicted octanol–water partition coefficient (Wildman–Crippen LogP) is 2.13. The first kappa shape index (κ1) is 16.6. The molecule has 1 aliphatic heterocycles. The summed E-state index contributed by atoms with van der Waals surface area (Å²) >= 11 is 0. The fourth-order valence-corrected chi connectivity index (χ4v) is 2.92. The van der Waals surface area contributed by atoms with Crippen LogP contribution < -0.4 is 5.32 Å². The van der Waals surface area contributed by atoms with Gasteiger partial charge in [-0.3, -0.25) is 9.69 Å². The average Bonchev–Trinajstić information content (AvgIpc) is 2.98. The second-order valence-corrected chi connectivity index (χ2v) is 6.52. The Labute approximate surface area is 142 Å². The van der Waals surface area contributed by atoms with Crippen molar-refractivity contribution >= 4 is 5.91 Å². The van der Waals surface area contributed by atoms with Gasteiger partial charge < -0.3 is 9.84 Å². The summed E-state index contributed by atoms with van der Waals surface area (Å²) in [6.07, 6.45) is 1.60. The van der Waals surface area contributed by atoms with Gasteiger partial charge in [0.15, 0.2) is 5.82 Å². The highest BCUT2D eigenvalue weighted by Crippen LogP contribution is 2.17. The lowest BCUT2D eigenvalue weighted by molar-refractivity contribution is -0.125. The first-order valence-electron chi connectivity index (χ1n) is 8.51. The lowest BCUT2D eigenvalue weighted by Crippen LogP contribution is -2.45. The summed E-state index contributed by atoms with van der Waals surface area (Å²) in [5.41, 5.74) is 1.15. The maximum absolute atomic E-state index is 12.5. The summed E-state index contributed by atoms with van der Waals surface area (Å²) in [6, 6.07) is 9.88. The fourth-order valence-electron chi connectivity index (χ4n) is 2.92. The van der Waals surface area contributed by atoms with E-state index in [4.69, 9.17) is 4.52 Å². The maximum Gasteiger partial charge on any atom is 0.240 e. The molecule has 1 amide bonds. The van der Waals surface area contributed by atoms with Gasteiger partial charge in [0.25, 0.3) is 0 Å². The number of aromatic nitrogens is 2. The molecule has 6 nitrogen and oxygen atoms in total. The molecule has 2 aromatic rings. The number of carbonyl (C=O) groups excluding carboxylic acids is 1. The Bertz CT molecular complexity index is 669.